The summed E-state index contributed by atoms with van der Waals surface area (Å²) in [6.45, 7) is 2.63. The maximum absolute atomic E-state index is 11.0. The Bertz CT molecular complexity index is 469. The zero-order valence-corrected chi connectivity index (χ0v) is 12.2. The number of hydrogen-bond acceptors (Lipinski definition) is 4. The van der Waals surface area contributed by atoms with E-state index in [-0.39, 0.29) is 16.7 Å². The van der Waals surface area contributed by atoms with Gasteiger partial charge in [0.2, 0.25) is 0 Å². The molecule has 1 aromatic rings. The second kappa shape index (κ2) is 6.61. The third-order valence-electron chi connectivity index (χ3n) is 2.95. The van der Waals surface area contributed by atoms with E-state index in [2.05, 4.69) is 11.9 Å². The van der Waals surface area contributed by atoms with Crippen molar-refractivity contribution in [1.29, 1.82) is 0 Å². The molecular weight excluding hydrogens is 286 g/mol. The van der Waals surface area contributed by atoms with Crippen LogP contribution in [-0.4, -0.2) is 54.6 Å². The smallest absolute Gasteiger partial charge is 0.337 e. The monoisotopic (exact) mass is 301 g/mol. The van der Waals surface area contributed by atoms with Crippen LogP contribution in [0.4, 0.5) is 0 Å². The van der Waals surface area contributed by atoms with Gasteiger partial charge < -0.3 is 14.7 Å². The average Bonchev–Trinajstić information content (AvgIpc) is 2.37. The number of hydrogen-bond donors (Lipinski definition) is 1. The van der Waals surface area contributed by atoms with Crippen molar-refractivity contribution in [2.75, 3.05) is 32.5 Å². The second-order valence-corrected chi connectivity index (χ2v) is 6.01. The number of carbonyl (C=O) groups is 1. The van der Waals surface area contributed by atoms with Gasteiger partial charge >= 0.3 is 5.97 Å². The maximum Gasteiger partial charge on any atom is 0.337 e. The molecule has 0 aromatic heterocycles. The van der Waals surface area contributed by atoms with Crippen LogP contribution in [0.25, 0.3) is 0 Å². The van der Waals surface area contributed by atoms with E-state index >= 15 is 0 Å². The van der Waals surface area contributed by atoms with Crippen LogP contribution in [-0.2, 0) is 4.74 Å². The molecule has 1 aliphatic heterocycles. The van der Waals surface area contributed by atoms with Crippen LogP contribution < -0.4 is 0 Å². The molecule has 1 fully saturated rings. The predicted molar refractivity (Wildman–Crippen MR) is 76.4 cm³/mol. The molecule has 1 unspecified atom stereocenters. The summed E-state index contributed by atoms with van der Waals surface area (Å²) < 4.78 is 5.67. The third kappa shape index (κ3) is 4.11. The standard InChI is InChI=1S/C13H16ClNO3S/c1-15-4-5-18-9(7-15)8-19-10-2-3-12(14)11(6-10)13(16)17/h2-3,6,9H,4-5,7-8H2,1H3,(H,16,17). The van der Waals surface area contributed by atoms with Crippen LogP contribution >= 0.6 is 23.4 Å². The van der Waals surface area contributed by atoms with Gasteiger partial charge in [0.05, 0.1) is 23.3 Å². The first-order valence-electron chi connectivity index (χ1n) is 6.02. The lowest BCUT2D eigenvalue weighted by Crippen LogP contribution is -2.41. The summed E-state index contributed by atoms with van der Waals surface area (Å²) in [4.78, 5) is 14.1. The molecule has 6 heteroatoms. The van der Waals surface area contributed by atoms with Crippen molar-refractivity contribution >= 4 is 29.3 Å². The Labute approximate surface area is 121 Å². The molecule has 0 aliphatic carbocycles. The fourth-order valence-corrected chi connectivity index (χ4v) is 3.06. The molecule has 19 heavy (non-hydrogen) atoms. The third-order valence-corrected chi connectivity index (χ3v) is 4.40. The van der Waals surface area contributed by atoms with Crippen LogP contribution in [0.2, 0.25) is 5.02 Å². The van der Waals surface area contributed by atoms with Gasteiger partial charge in [-0.3, -0.25) is 0 Å². The summed E-state index contributed by atoms with van der Waals surface area (Å²) in [7, 11) is 2.07. The highest BCUT2D eigenvalue weighted by Gasteiger charge is 2.18. The molecule has 0 amide bonds. The zero-order valence-electron chi connectivity index (χ0n) is 10.6. The van der Waals surface area contributed by atoms with E-state index < -0.39 is 5.97 Å². The van der Waals surface area contributed by atoms with Gasteiger partial charge in [0.25, 0.3) is 0 Å². The predicted octanol–water partition coefficient (Wildman–Crippen LogP) is 2.46. The molecule has 4 nitrogen and oxygen atoms in total. The topological polar surface area (TPSA) is 49.8 Å². The molecular formula is C13H16ClNO3S. The Morgan fingerprint density at radius 1 is 1.63 bits per heavy atom. The normalized spacial score (nSPS) is 20.4. The minimum atomic E-state index is -0.999. The fourth-order valence-electron chi connectivity index (χ4n) is 1.91. The first-order chi connectivity index (χ1) is 9.06. The molecule has 0 radical (unpaired) electrons. The van der Waals surface area contributed by atoms with Gasteiger partial charge in [-0.1, -0.05) is 11.6 Å². The summed E-state index contributed by atoms with van der Waals surface area (Å²) in [5.74, 6) is -0.188. The SMILES string of the molecule is CN1CCOC(CSc2ccc(Cl)c(C(=O)O)c2)C1. The lowest BCUT2D eigenvalue weighted by molar-refractivity contribution is -0.00598. The molecule has 1 N–H and O–H groups in total. The lowest BCUT2D eigenvalue weighted by Gasteiger charge is -2.29. The number of benzene rings is 1. The van der Waals surface area contributed by atoms with Crippen molar-refractivity contribution in [1.82, 2.24) is 4.90 Å². The molecule has 0 spiro atoms. The molecule has 1 aliphatic rings. The van der Waals surface area contributed by atoms with Crippen molar-refractivity contribution in [3.63, 3.8) is 0 Å². The molecule has 0 saturated carbocycles. The molecule has 1 aromatic carbocycles. The summed E-state index contributed by atoms with van der Waals surface area (Å²) in [6.07, 6.45) is 0.188. The van der Waals surface area contributed by atoms with Gasteiger partial charge in [0.1, 0.15) is 0 Å². The van der Waals surface area contributed by atoms with Gasteiger partial charge in [0.15, 0.2) is 0 Å². The van der Waals surface area contributed by atoms with Crippen LogP contribution in [0.3, 0.4) is 0 Å². The van der Waals surface area contributed by atoms with Crippen LogP contribution in [0.15, 0.2) is 23.1 Å². The maximum atomic E-state index is 11.0. The highest BCUT2D eigenvalue weighted by molar-refractivity contribution is 7.99. The first-order valence-corrected chi connectivity index (χ1v) is 7.38. The van der Waals surface area contributed by atoms with E-state index in [1.165, 1.54) is 0 Å². The number of nitrogens with zero attached hydrogens (tertiary/aromatic N) is 1. The van der Waals surface area contributed by atoms with Crippen LogP contribution in [0.5, 0.6) is 0 Å². The van der Waals surface area contributed by atoms with Crippen LogP contribution in [0.1, 0.15) is 10.4 Å². The highest BCUT2D eigenvalue weighted by atomic mass is 35.5. The van der Waals surface area contributed by atoms with Crippen molar-refractivity contribution in [3.8, 4) is 0 Å². The van der Waals surface area contributed by atoms with E-state index in [1.54, 1.807) is 23.9 Å². The minimum absolute atomic E-state index is 0.147. The van der Waals surface area contributed by atoms with Gasteiger partial charge in [-0.15, -0.1) is 11.8 Å². The quantitative estimate of drug-likeness (QED) is 0.866. The number of aromatic carboxylic acids is 1. The Morgan fingerprint density at radius 2 is 2.42 bits per heavy atom. The Kier molecular flexibility index (Phi) is 5.10. The summed E-state index contributed by atoms with van der Waals surface area (Å²) in [5.41, 5.74) is 0.147. The van der Waals surface area contributed by atoms with E-state index in [0.717, 1.165) is 30.3 Å². The Balaban J connectivity index is 1.96. The lowest BCUT2D eigenvalue weighted by atomic mass is 10.2. The number of halogens is 1. The van der Waals surface area contributed by atoms with Gasteiger partial charge in [0, 0.05) is 23.7 Å². The van der Waals surface area contributed by atoms with Gasteiger partial charge in [-0.2, -0.15) is 0 Å². The molecule has 1 heterocycles. The zero-order chi connectivity index (χ0) is 13.8. The summed E-state index contributed by atoms with van der Waals surface area (Å²) in [6, 6.07) is 5.08. The first kappa shape index (κ1) is 14.7. The number of carboxylic acid groups (broad SMARTS) is 1. The average molecular weight is 302 g/mol. The van der Waals surface area contributed by atoms with Crippen molar-refractivity contribution in [2.24, 2.45) is 0 Å². The number of rotatable bonds is 4. The number of likely N-dealkylation sites (N-methyl/N-ethyl adjacent to an activating group) is 1. The molecule has 1 saturated heterocycles. The second-order valence-electron chi connectivity index (χ2n) is 4.51. The highest BCUT2D eigenvalue weighted by Crippen LogP contribution is 2.26. The minimum Gasteiger partial charge on any atom is -0.478 e. The molecule has 104 valence electrons. The molecule has 1 atom stereocenters. The van der Waals surface area contributed by atoms with Crippen molar-refractivity contribution < 1.29 is 14.6 Å². The number of thioether (sulfide) groups is 1. The Morgan fingerprint density at radius 3 is 3.11 bits per heavy atom. The van der Waals surface area contributed by atoms with Gasteiger partial charge in [-0.05, 0) is 25.2 Å². The van der Waals surface area contributed by atoms with E-state index in [9.17, 15) is 4.79 Å². The Hall–Kier alpha value is -0.750. The summed E-state index contributed by atoms with van der Waals surface area (Å²) in [5, 5.41) is 9.29. The van der Waals surface area contributed by atoms with Gasteiger partial charge in [-0.25, -0.2) is 4.79 Å². The summed E-state index contributed by atoms with van der Waals surface area (Å²) >= 11 is 7.43. The molecule has 0 bridgehead atoms. The number of carboxylic acids is 1. The van der Waals surface area contributed by atoms with E-state index in [0.29, 0.717) is 0 Å². The molecule has 2 rings (SSSR count). The largest absolute Gasteiger partial charge is 0.478 e. The fraction of sp³-hybridized carbons (Fsp3) is 0.462. The van der Waals surface area contributed by atoms with E-state index in [4.69, 9.17) is 21.4 Å². The van der Waals surface area contributed by atoms with Crippen molar-refractivity contribution in [2.45, 2.75) is 11.0 Å². The van der Waals surface area contributed by atoms with E-state index in [1.807, 2.05) is 6.07 Å². The number of morpholine rings is 1. The van der Waals surface area contributed by atoms with Crippen LogP contribution in [0, 0.1) is 0 Å². The number of ether oxygens (including phenoxy) is 1. The van der Waals surface area contributed by atoms with Crippen molar-refractivity contribution in [3.05, 3.63) is 28.8 Å².